The third-order valence-electron chi connectivity index (χ3n) is 5.12. The average Bonchev–Trinajstić information content (AvgIpc) is 2.98. The molecule has 1 saturated heterocycles. The Morgan fingerprint density at radius 2 is 1.62 bits per heavy atom. The highest BCUT2D eigenvalue weighted by atomic mass is 32.1. The average molecular weight is 308 g/mol. The summed E-state index contributed by atoms with van der Waals surface area (Å²) in [6.45, 7) is 5.48. The third-order valence-corrected chi connectivity index (χ3v) is 5.79. The van der Waals surface area contributed by atoms with E-state index in [1.165, 1.54) is 32.2 Å². The maximum absolute atomic E-state index is 13.0. The molecule has 0 amide bonds. The van der Waals surface area contributed by atoms with Crippen molar-refractivity contribution < 1.29 is 4.39 Å². The molecule has 1 aliphatic carbocycles. The molecule has 0 N–H and O–H groups in total. The van der Waals surface area contributed by atoms with Gasteiger partial charge in [-0.1, -0.05) is 12.8 Å². The molecule has 0 radical (unpaired) electrons. The standard InChI is InChI=1S/C17H25FN2S/c18-15-3-5-16(6-4-15)20-11-9-19(10-12-20)13-17(14-21)7-1-2-8-17/h3-6,21H,1-2,7-14H2. The van der Waals surface area contributed by atoms with Crippen molar-refractivity contribution in [1.82, 2.24) is 4.90 Å². The number of hydrogen-bond acceptors (Lipinski definition) is 3. The summed E-state index contributed by atoms with van der Waals surface area (Å²) in [6, 6.07) is 6.88. The van der Waals surface area contributed by atoms with E-state index in [0.717, 1.165) is 37.6 Å². The van der Waals surface area contributed by atoms with Crippen molar-refractivity contribution in [3.63, 3.8) is 0 Å². The van der Waals surface area contributed by atoms with Gasteiger partial charge in [-0.15, -0.1) is 0 Å². The summed E-state index contributed by atoms with van der Waals surface area (Å²) in [6.07, 6.45) is 5.43. The molecule has 3 rings (SSSR count). The number of rotatable bonds is 4. The van der Waals surface area contributed by atoms with Gasteiger partial charge in [0.05, 0.1) is 0 Å². The van der Waals surface area contributed by atoms with E-state index in [4.69, 9.17) is 0 Å². The fourth-order valence-corrected chi connectivity index (χ4v) is 4.20. The van der Waals surface area contributed by atoms with Crippen LogP contribution in [0.3, 0.4) is 0 Å². The molecule has 1 saturated carbocycles. The zero-order valence-electron chi connectivity index (χ0n) is 12.6. The minimum Gasteiger partial charge on any atom is -0.369 e. The second kappa shape index (κ2) is 6.57. The zero-order valence-corrected chi connectivity index (χ0v) is 13.5. The Morgan fingerprint density at radius 1 is 1.00 bits per heavy atom. The first-order chi connectivity index (χ1) is 10.2. The second-order valence-corrected chi connectivity index (χ2v) is 6.92. The lowest BCUT2D eigenvalue weighted by molar-refractivity contribution is 0.164. The van der Waals surface area contributed by atoms with Gasteiger partial charge in [0.15, 0.2) is 0 Å². The summed E-state index contributed by atoms with van der Waals surface area (Å²) in [5.41, 5.74) is 1.60. The Morgan fingerprint density at radius 3 is 2.19 bits per heavy atom. The molecular formula is C17H25FN2S. The quantitative estimate of drug-likeness (QED) is 0.851. The lowest BCUT2D eigenvalue weighted by Crippen LogP contribution is -2.50. The zero-order chi connectivity index (χ0) is 14.7. The van der Waals surface area contributed by atoms with Gasteiger partial charge in [0.25, 0.3) is 0 Å². The first-order valence-corrected chi connectivity index (χ1v) is 8.68. The van der Waals surface area contributed by atoms with Gasteiger partial charge in [0.2, 0.25) is 0 Å². The highest BCUT2D eigenvalue weighted by Crippen LogP contribution is 2.39. The highest BCUT2D eigenvalue weighted by Gasteiger charge is 2.35. The summed E-state index contributed by atoms with van der Waals surface area (Å²) in [7, 11) is 0. The molecule has 2 nitrogen and oxygen atoms in total. The monoisotopic (exact) mass is 308 g/mol. The number of hydrogen-bond donors (Lipinski definition) is 1. The van der Waals surface area contributed by atoms with E-state index < -0.39 is 0 Å². The van der Waals surface area contributed by atoms with Gasteiger partial charge in [-0.3, -0.25) is 4.90 Å². The Balaban J connectivity index is 1.54. The fraction of sp³-hybridized carbons (Fsp3) is 0.647. The Labute approximate surface area is 132 Å². The maximum Gasteiger partial charge on any atom is 0.123 e. The predicted molar refractivity (Wildman–Crippen MR) is 89.8 cm³/mol. The number of piperazine rings is 1. The Hall–Kier alpha value is -0.740. The summed E-state index contributed by atoms with van der Waals surface area (Å²) < 4.78 is 13.0. The van der Waals surface area contributed by atoms with E-state index in [-0.39, 0.29) is 5.82 Å². The molecule has 2 fully saturated rings. The number of halogens is 1. The first-order valence-electron chi connectivity index (χ1n) is 8.05. The molecule has 0 spiro atoms. The molecule has 1 aromatic carbocycles. The molecule has 21 heavy (non-hydrogen) atoms. The first kappa shape index (κ1) is 15.2. The largest absolute Gasteiger partial charge is 0.369 e. The van der Waals surface area contributed by atoms with Crippen LogP contribution in [0.1, 0.15) is 25.7 Å². The summed E-state index contributed by atoms with van der Waals surface area (Å²) in [5.74, 6) is 0.861. The minimum atomic E-state index is -0.158. The smallest absolute Gasteiger partial charge is 0.123 e. The molecule has 0 unspecified atom stereocenters. The molecule has 116 valence electrons. The van der Waals surface area contributed by atoms with Crippen LogP contribution in [0.15, 0.2) is 24.3 Å². The maximum atomic E-state index is 13.0. The van der Waals surface area contributed by atoms with Crippen molar-refractivity contribution in [2.24, 2.45) is 5.41 Å². The van der Waals surface area contributed by atoms with E-state index in [0.29, 0.717) is 5.41 Å². The van der Waals surface area contributed by atoms with Crippen LogP contribution >= 0.6 is 12.6 Å². The van der Waals surface area contributed by atoms with Gasteiger partial charge in [-0.2, -0.15) is 12.6 Å². The molecular weight excluding hydrogens is 283 g/mol. The van der Waals surface area contributed by atoms with Crippen LogP contribution in [0.2, 0.25) is 0 Å². The van der Waals surface area contributed by atoms with Crippen LogP contribution in [-0.2, 0) is 0 Å². The third kappa shape index (κ3) is 3.54. The number of nitrogens with zero attached hydrogens (tertiary/aromatic N) is 2. The summed E-state index contributed by atoms with van der Waals surface area (Å²) in [5, 5.41) is 0. The second-order valence-electron chi connectivity index (χ2n) is 6.60. The van der Waals surface area contributed by atoms with E-state index in [2.05, 4.69) is 22.4 Å². The van der Waals surface area contributed by atoms with Crippen molar-refractivity contribution in [3.05, 3.63) is 30.1 Å². The number of thiol groups is 1. The molecule has 1 heterocycles. The van der Waals surface area contributed by atoms with Crippen LogP contribution in [0.5, 0.6) is 0 Å². The van der Waals surface area contributed by atoms with Crippen molar-refractivity contribution in [2.45, 2.75) is 25.7 Å². The predicted octanol–water partition coefficient (Wildman–Crippen LogP) is 3.44. The number of anilines is 1. The van der Waals surface area contributed by atoms with Crippen molar-refractivity contribution in [2.75, 3.05) is 43.4 Å². The lowest BCUT2D eigenvalue weighted by Gasteiger charge is -2.40. The molecule has 0 bridgehead atoms. The van der Waals surface area contributed by atoms with Crippen molar-refractivity contribution in [3.8, 4) is 0 Å². The number of benzene rings is 1. The Kier molecular flexibility index (Phi) is 4.75. The van der Waals surface area contributed by atoms with Crippen LogP contribution in [0.4, 0.5) is 10.1 Å². The minimum absolute atomic E-state index is 0.158. The van der Waals surface area contributed by atoms with Crippen molar-refractivity contribution in [1.29, 1.82) is 0 Å². The van der Waals surface area contributed by atoms with Crippen molar-refractivity contribution >= 4 is 18.3 Å². The van der Waals surface area contributed by atoms with Crippen LogP contribution < -0.4 is 4.90 Å². The molecule has 0 atom stereocenters. The molecule has 1 aliphatic heterocycles. The topological polar surface area (TPSA) is 6.48 Å². The van der Waals surface area contributed by atoms with Gasteiger partial charge in [0, 0.05) is 38.4 Å². The van der Waals surface area contributed by atoms with Gasteiger partial charge in [-0.25, -0.2) is 4.39 Å². The summed E-state index contributed by atoms with van der Waals surface area (Å²) in [4.78, 5) is 4.96. The summed E-state index contributed by atoms with van der Waals surface area (Å²) >= 11 is 4.61. The van der Waals surface area contributed by atoms with Gasteiger partial charge in [-0.05, 0) is 48.3 Å². The molecule has 0 aromatic heterocycles. The molecule has 4 heteroatoms. The van der Waals surface area contributed by atoms with Gasteiger partial charge < -0.3 is 4.90 Å². The van der Waals surface area contributed by atoms with Crippen LogP contribution in [0, 0.1) is 11.2 Å². The van der Waals surface area contributed by atoms with E-state index >= 15 is 0 Å². The normalized spacial score (nSPS) is 22.7. The Bertz CT molecular complexity index is 448. The fourth-order valence-electron chi connectivity index (χ4n) is 3.78. The van der Waals surface area contributed by atoms with E-state index in [9.17, 15) is 4.39 Å². The molecule has 2 aliphatic rings. The van der Waals surface area contributed by atoms with E-state index in [1.54, 1.807) is 12.1 Å². The lowest BCUT2D eigenvalue weighted by atomic mass is 9.87. The van der Waals surface area contributed by atoms with E-state index in [1.807, 2.05) is 12.1 Å². The van der Waals surface area contributed by atoms with Gasteiger partial charge >= 0.3 is 0 Å². The highest BCUT2D eigenvalue weighted by molar-refractivity contribution is 7.80. The molecule has 1 aromatic rings. The SMILES string of the molecule is Fc1ccc(N2CCN(CC3(CS)CCCC3)CC2)cc1. The van der Waals surface area contributed by atoms with Crippen LogP contribution in [0.25, 0.3) is 0 Å². The van der Waals surface area contributed by atoms with Gasteiger partial charge in [0.1, 0.15) is 5.82 Å². The van der Waals surface area contributed by atoms with Crippen LogP contribution in [-0.4, -0.2) is 43.4 Å².